The average Bonchev–Trinajstić information content (AvgIpc) is 2.05. The van der Waals surface area contributed by atoms with Gasteiger partial charge in [-0.15, -0.1) is 0 Å². The van der Waals surface area contributed by atoms with E-state index in [1.165, 1.54) is 10.0 Å². The Morgan fingerprint density at radius 1 is 0.714 bits per heavy atom. The molecule has 0 heterocycles. The van der Waals surface area contributed by atoms with Crippen molar-refractivity contribution in [1.29, 1.82) is 0 Å². The summed E-state index contributed by atoms with van der Waals surface area (Å²) in [5, 5.41) is 6.24. The van der Waals surface area contributed by atoms with E-state index in [1.807, 2.05) is 0 Å². The van der Waals surface area contributed by atoms with Crippen LogP contribution in [-0.2, 0) is 34.3 Å². The van der Waals surface area contributed by atoms with Gasteiger partial charge in [0, 0.05) is 0 Å². The van der Waals surface area contributed by atoms with Crippen molar-refractivity contribution >= 4 is 0 Å². The average molecular weight is 303 g/mol. The Morgan fingerprint density at radius 2 is 1.07 bits per heavy atom. The van der Waals surface area contributed by atoms with Crippen molar-refractivity contribution < 1.29 is 34.3 Å². The van der Waals surface area contributed by atoms with Crippen LogP contribution in [0.3, 0.4) is 0 Å². The zero-order valence-corrected chi connectivity index (χ0v) is 17.3. The minimum absolute atomic E-state index is 0.0671. The van der Waals surface area contributed by atoms with Crippen molar-refractivity contribution in [2.75, 3.05) is 0 Å². The molecule has 0 fully saturated rings. The minimum atomic E-state index is -0.0671. The van der Waals surface area contributed by atoms with Crippen LogP contribution in [0.4, 0.5) is 0 Å². The van der Waals surface area contributed by atoms with E-state index < -0.39 is 0 Å². The Labute approximate surface area is 107 Å². The van der Waals surface area contributed by atoms with Gasteiger partial charge in [0.1, 0.15) is 0 Å². The topological polar surface area (TPSA) is 0 Å². The third kappa shape index (κ3) is 23.2. The van der Waals surface area contributed by atoms with E-state index in [-0.39, 0.29) is 34.3 Å². The standard InChI is InChI=1S/2C4H9.2C2H5.2Zn/c2*1-4(2)3;2*1-2;;/h2*4H,1H2,2-3H3;2*1H2,2H3;;. The fraction of sp³-hybridized carbons (Fsp3) is 1.00. The first-order valence-electron chi connectivity index (χ1n) is 6.54. The van der Waals surface area contributed by atoms with Crippen LogP contribution in [0, 0.1) is 11.8 Å². The SMILES string of the molecule is CC(C)[CH2][Zn][CH2]C(C)C.C[CH2][Zn][CH2]C. The van der Waals surface area contributed by atoms with Crippen LogP contribution >= 0.6 is 0 Å². The molecule has 14 heavy (non-hydrogen) atoms. The van der Waals surface area contributed by atoms with E-state index in [0.717, 1.165) is 11.8 Å². The maximum atomic E-state index is 2.34. The van der Waals surface area contributed by atoms with E-state index in [2.05, 4.69) is 41.5 Å². The zero-order valence-electron chi connectivity index (χ0n) is 11.4. The summed E-state index contributed by atoms with van der Waals surface area (Å²) in [6, 6.07) is 0. The summed E-state index contributed by atoms with van der Waals surface area (Å²) in [6.45, 7) is 13.9. The molecule has 0 rings (SSSR count). The molecule has 0 aromatic rings. The van der Waals surface area contributed by atoms with Crippen LogP contribution in [0.2, 0.25) is 20.1 Å². The monoisotopic (exact) mass is 300 g/mol. The Balaban J connectivity index is 0. The summed E-state index contributed by atoms with van der Waals surface area (Å²) >= 11 is 0.0301. The molecule has 0 aromatic heterocycles. The first kappa shape index (κ1) is 17.6. The molecular weight excluding hydrogens is 275 g/mol. The van der Waals surface area contributed by atoms with Crippen molar-refractivity contribution in [1.82, 2.24) is 0 Å². The fourth-order valence-electron chi connectivity index (χ4n) is 1.29. The Hall–Kier alpha value is 1.25. The normalized spacial score (nSPS) is 9.14. The molecule has 0 aromatic carbocycles. The van der Waals surface area contributed by atoms with Gasteiger partial charge in [0.15, 0.2) is 0 Å². The molecule has 0 saturated carbocycles. The van der Waals surface area contributed by atoms with E-state index in [1.54, 1.807) is 10.0 Å². The molecule has 2 heteroatoms. The van der Waals surface area contributed by atoms with E-state index in [9.17, 15) is 0 Å². The Morgan fingerprint density at radius 3 is 1.21 bits per heavy atom. The molecule has 0 N–H and O–H groups in total. The quantitative estimate of drug-likeness (QED) is 0.594. The first-order valence-corrected chi connectivity index (χ1v) is 14.9. The second kappa shape index (κ2) is 14.2. The number of rotatable bonds is 6. The maximum absolute atomic E-state index is 2.34. The van der Waals surface area contributed by atoms with Gasteiger partial charge in [-0.3, -0.25) is 0 Å². The van der Waals surface area contributed by atoms with Crippen molar-refractivity contribution in [3.8, 4) is 0 Å². The third-order valence-corrected chi connectivity index (χ3v) is 11.8. The van der Waals surface area contributed by atoms with Crippen molar-refractivity contribution in [3.05, 3.63) is 0 Å². The van der Waals surface area contributed by atoms with Crippen molar-refractivity contribution in [3.63, 3.8) is 0 Å². The molecule has 0 aliphatic heterocycles. The molecule has 0 unspecified atom stereocenters. The van der Waals surface area contributed by atoms with Crippen molar-refractivity contribution in [2.45, 2.75) is 61.6 Å². The zero-order chi connectivity index (χ0) is 11.4. The van der Waals surface area contributed by atoms with Crippen LogP contribution in [0.25, 0.3) is 0 Å². The van der Waals surface area contributed by atoms with Gasteiger partial charge in [-0.25, -0.2) is 0 Å². The molecule has 0 bridgehead atoms. The van der Waals surface area contributed by atoms with Gasteiger partial charge in [0.05, 0.1) is 0 Å². The molecule has 0 saturated heterocycles. The molecule has 0 atom stereocenters. The van der Waals surface area contributed by atoms with Gasteiger partial charge >= 0.3 is 108 Å². The molecule has 0 amide bonds. The molecule has 80 valence electrons. The molecular formula is C12H28Zn2. The van der Waals surface area contributed by atoms with Gasteiger partial charge in [0.25, 0.3) is 0 Å². The predicted molar refractivity (Wildman–Crippen MR) is 60.3 cm³/mol. The van der Waals surface area contributed by atoms with Crippen LogP contribution in [0.5, 0.6) is 0 Å². The fourth-order valence-corrected chi connectivity index (χ4v) is 6.69. The van der Waals surface area contributed by atoms with Gasteiger partial charge in [-0.05, 0) is 0 Å². The molecule has 0 spiro atoms. The molecule has 0 aliphatic carbocycles. The van der Waals surface area contributed by atoms with Gasteiger partial charge in [-0.1, -0.05) is 0 Å². The second-order valence-corrected chi connectivity index (χ2v) is 14.7. The second-order valence-electron chi connectivity index (χ2n) is 5.07. The summed E-state index contributed by atoms with van der Waals surface area (Å²) in [5.74, 6) is 1.95. The summed E-state index contributed by atoms with van der Waals surface area (Å²) in [4.78, 5) is 0. The molecule has 0 radical (unpaired) electrons. The summed E-state index contributed by atoms with van der Waals surface area (Å²) in [7, 11) is 0. The van der Waals surface area contributed by atoms with E-state index in [4.69, 9.17) is 0 Å². The predicted octanol–water partition coefficient (Wildman–Crippen LogP) is 5.16. The Bertz CT molecular complexity index is 80.3. The van der Waals surface area contributed by atoms with Crippen LogP contribution < -0.4 is 0 Å². The third-order valence-electron chi connectivity index (χ3n) is 2.27. The summed E-state index contributed by atoms with van der Waals surface area (Å²) in [5.41, 5.74) is 0. The first-order chi connectivity index (χ1) is 6.54. The van der Waals surface area contributed by atoms with Crippen molar-refractivity contribution in [2.24, 2.45) is 11.8 Å². The summed E-state index contributed by atoms with van der Waals surface area (Å²) in [6.07, 6.45) is 0. The summed E-state index contributed by atoms with van der Waals surface area (Å²) < 4.78 is 0. The number of hydrogen-bond donors (Lipinski definition) is 0. The van der Waals surface area contributed by atoms with Crippen LogP contribution in [0.1, 0.15) is 41.5 Å². The van der Waals surface area contributed by atoms with Gasteiger partial charge < -0.3 is 0 Å². The molecule has 0 aliphatic rings. The Kier molecular flexibility index (Phi) is 17.9. The van der Waals surface area contributed by atoms with Gasteiger partial charge in [-0.2, -0.15) is 0 Å². The van der Waals surface area contributed by atoms with Crippen LogP contribution in [-0.4, -0.2) is 0 Å². The van der Waals surface area contributed by atoms with E-state index >= 15 is 0 Å². The number of hydrogen-bond acceptors (Lipinski definition) is 0. The van der Waals surface area contributed by atoms with E-state index in [0.29, 0.717) is 0 Å². The van der Waals surface area contributed by atoms with Crippen LogP contribution in [0.15, 0.2) is 0 Å². The van der Waals surface area contributed by atoms with Gasteiger partial charge in [0.2, 0.25) is 0 Å². The molecule has 0 nitrogen and oxygen atoms in total.